The summed E-state index contributed by atoms with van der Waals surface area (Å²) in [7, 11) is 0. The van der Waals surface area contributed by atoms with Gasteiger partial charge in [-0.15, -0.1) is 0 Å². The molecule has 0 spiro atoms. The molecule has 0 bridgehead atoms. The van der Waals surface area contributed by atoms with Crippen molar-refractivity contribution in [2.24, 2.45) is 0 Å². The molecule has 4 aromatic rings. The molecular weight excluding hydrogens is 423 g/mol. The Bertz CT molecular complexity index is 1280. The molecule has 0 saturated heterocycles. The summed E-state index contributed by atoms with van der Waals surface area (Å²) in [5.41, 5.74) is 7.68. The molecule has 0 radical (unpaired) electrons. The summed E-state index contributed by atoms with van der Waals surface area (Å²) in [6.07, 6.45) is 0. The van der Waals surface area contributed by atoms with Gasteiger partial charge >= 0.3 is 0 Å². The van der Waals surface area contributed by atoms with E-state index >= 15 is 0 Å². The van der Waals surface area contributed by atoms with Crippen LogP contribution in [-0.4, -0.2) is 19.7 Å². The number of hydrogen-bond donors (Lipinski definition) is 1. The fourth-order valence-corrected chi connectivity index (χ4v) is 3.27. The van der Waals surface area contributed by atoms with Gasteiger partial charge in [-0.1, -0.05) is 53.5 Å². The highest BCUT2D eigenvalue weighted by Crippen LogP contribution is 2.32. The zero-order valence-electron chi connectivity index (χ0n) is 15.7. The van der Waals surface area contributed by atoms with Crippen molar-refractivity contribution in [3.05, 3.63) is 75.9 Å². The van der Waals surface area contributed by atoms with Gasteiger partial charge in [0.1, 0.15) is 23.2 Å². The highest BCUT2D eigenvalue weighted by atomic mass is 35.5. The van der Waals surface area contributed by atoms with Gasteiger partial charge in [-0.05, 0) is 25.1 Å². The Kier molecular flexibility index (Phi) is 5.27. The number of aryl methyl sites for hydroxylation is 1. The van der Waals surface area contributed by atoms with Gasteiger partial charge in [-0.3, -0.25) is 0 Å². The zero-order valence-corrected chi connectivity index (χ0v) is 17.2. The zero-order chi connectivity index (χ0) is 21.3. The van der Waals surface area contributed by atoms with Crippen molar-refractivity contribution in [1.29, 1.82) is 5.26 Å². The van der Waals surface area contributed by atoms with Gasteiger partial charge in [-0.2, -0.15) is 20.0 Å². The second kappa shape index (κ2) is 8.03. The van der Waals surface area contributed by atoms with E-state index in [-0.39, 0.29) is 17.3 Å². The third-order valence-corrected chi connectivity index (χ3v) is 4.78. The molecule has 0 aliphatic rings. The van der Waals surface area contributed by atoms with Crippen molar-refractivity contribution in [1.82, 2.24) is 19.7 Å². The van der Waals surface area contributed by atoms with E-state index in [4.69, 9.17) is 33.7 Å². The molecule has 2 aromatic carbocycles. The molecule has 148 valence electrons. The van der Waals surface area contributed by atoms with Crippen LogP contribution in [0.25, 0.3) is 17.2 Å². The Labute approximate surface area is 182 Å². The Morgan fingerprint density at radius 3 is 2.50 bits per heavy atom. The Morgan fingerprint density at radius 1 is 1.07 bits per heavy atom. The lowest BCUT2D eigenvalue weighted by molar-refractivity contribution is 0.462. The van der Waals surface area contributed by atoms with E-state index in [2.05, 4.69) is 21.1 Å². The maximum atomic E-state index is 9.33. The molecule has 2 N–H and O–H groups in total. The first-order chi connectivity index (χ1) is 14.5. The number of nitrogens with two attached hydrogens (primary N) is 1. The van der Waals surface area contributed by atoms with E-state index in [0.29, 0.717) is 33.1 Å². The van der Waals surface area contributed by atoms with Crippen LogP contribution in [0.4, 0.5) is 5.82 Å². The monoisotopic (exact) mass is 436 g/mol. The number of halogens is 2. The SMILES string of the molecule is Cc1nn(-c2cc(Oc3ccc(Cl)cc3Cl)nc(-c3ccccc3)n2)c(N)c1C#N. The molecule has 0 aliphatic heterocycles. The van der Waals surface area contributed by atoms with Gasteiger partial charge < -0.3 is 10.5 Å². The van der Waals surface area contributed by atoms with Gasteiger partial charge in [0.05, 0.1) is 10.7 Å². The number of nitrogens with zero attached hydrogens (tertiary/aromatic N) is 5. The third-order valence-electron chi connectivity index (χ3n) is 4.25. The Balaban J connectivity index is 1.86. The normalized spacial score (nSPS) is 10.6. The van der Waals surface area contributed by atoms with E-state index in [1.165, 1.54) is 4.68 Å². The van der Waals surface area contributed by atoms with Gasteiger partial charge in [0.15, 0.2) is 11.6 Å². The minimum atomic E-state index is 0.184. The van der Waals surface area contributed by atoms with E-state index in [1.54, 1.807) is 31.2 Å². The van der Waals surface area contributed by atoms with Crippen LogP contribution in [-0.2, 0) is 0 Å². The van der Waals surface area contributed by atoms with Crippen LogP contribution in [0.1, 0.15) is 11.3 Å². The lowest BCUT2D eigenvalue weighted by Gasteiger charge is -2.11. The number of aromatic nitrogens is 4. The molecule has 0 aliphatic carbocycles. The molecule has 30 heavy (non-hydrogen) atoms. The van der Waals surface area contributed by atoms with E-state index in [1.807, 2.05) is 30.3 Å². The minimum absolute atomic E-state index is 0.184. The van der Waals surface area contributed by atoms with Crippen LogP contribution >= 0.6 is 23.2 Å². The van der Waals surface area contributed by atoms with Gasteiger partial charge in [0.25, 0.3) is 0 Å². The molecule has 2 heterocycles. The topological polar surface area (TPSA) is 103 Å². The van der Waals surface area contributed by atoms with Crippen molar-refractivity contribution >= 4 is 29.0 Å². The highest BCUT2D eigenvalue weighted by Gasteiger charge is 2.17. The van der Waals surface area contributed by atoms with Crippen LogP contribution in [0.2, 0.25) is 10.0 Å². The molecule has 0 saturated carbocycles. The summed E-state index contributed by atoms with van der Waals surface area (Å²) in [4.78, 5) is 9.06. The van der Waals surface area contributed by atoms with Crippen LogP contribution in [0.15, 0.2) is 54.6 Å². The summed E-state index contributed by atoms with van der Waals surface area (Å²) in [6, 6.07) is 17.9. The summed E-state index contributed by atoms with van der Waals surface area (Å²) >= 11 is 12.2. The molecule has 0 unspecified atom stereocenters. The summed E-state index contributed by atoms with van der Waals surface area (Å²) in [6.45, 7) is 1.70. The van der Waals surface area contributed by atoms with Crippen molar-refractivity contribution in [2.75, 3.05) is 5.73 Å². The predicted molar refractivity (Wildman–Crippen MR) is 115 cm³/mol. The maximum Gasteiger partial charge on any atom is 0.225 e. The van der Waals surface area contributed by atoms with E-state index < -0.39 is 0 Å². The quantitative estimate of drug-likeness (QED) is 0.471. The summed E-state index contributed by atoms with van der Waals surface area (Å²) < 4.78 is 7.29. The molecule has 0 atom stereocenters. The van der Waals surface area contributed by atoms with Crippen molar-refractivity contribution in [3.63, 3.8) is 0 Å². The average molecular weight is 437 g/mol. The Morgan fingerprint density at radius 2 is 1.83 bits per heavy atom. The van der Waals surface area contributed by atoms with Crippen LogP contribution < -0.4 is 10.5 Å². The maximum absolute atomic E-state index is 9.33. The smallest absolute Gasteiger partial charge is 0.225 e. The van der Waals surface area contributed by atoms with Gasteiger partial charge in [0, 0.05) is 16.7 Å². The molecule has 0 fully saturated rings. The molecule has 9 heteroatoms. The number of anilines is 1. The largest absolute Gasteiger partial charge is 0.437 e. The fourth-order valence-electron chi connectivity index (χ4n) is 2.82. The number of benzene rings is 2. The minimum Gasteiger partial charge on any atom is -0.437 e. The van der Waals surface area contributed by atoms with Crippen LogP contribution in [0.3, 0.4) is 0 Å². The lowest BCUT2D eigenvalue weighted by Crippen LogP contribution is -2.07. The van der Waals surface area contributed by atoms with Gasteiger partial charge in [-0.25, -0.2) is 4.98 Å². The Hall–Kier alpha value is -3.60. The first-order valence-corrected chi connectivity index (χ1v) is 9.55. The van der Waals surface area contributed by atoms with E-state index in [0.717, 1.165) is 5.56 Å². The van der Waals surface area contributed by atoms with E-state index in [9.17, 15) is 5.26 Å². The number of nitrogen functional groups attached to an aromatic ring is 1. The number of nitriles is 1. The first-order valence-electron chi connectivity index (χ1n) is 8.79. The number of hydrogen-bond acceptors (Lipinski definition) is 6. The van der Waals surface area contributed by atoms with Crippen molar-refractivity contribution in [2.45, 2.75) is 6.92 Å². The lowest BCUT2D eigenvalue weighted by atomic mass is 10.2. The summed E-state index contributed by atoms with van der Waals surface area (Å²) in [5, 5.41) is 14.5. The molecule has 4 rings (SSSR count). The second-order valence-corrected chi connectivity index (χ2v) is 7.14. The molecule has 7 nitrogen and oxygen atoms in total. The third kappa shape index (κ3) is 3.79. The van der Waals surface area contributed by atoms with Crippen molar-refractivity contribution in [3.8, 4) is 34.9 Å². The number of rotatable bonds is 4. The first kappa shape index (κ1) is 19.7. The van der Waals surface area contributed by atoms with Crippen LogP contribution in [0.5, 0.6) is 11.6 Å². The standard InChI is InChI=1S/C21H14Cl2N6O/c1-12-15(11-24)20(25)29(28-12)18-10-19(30-17-8-7-14(22)9-16(17)23)27-21(26-18)13-5-3-2-4-6-13/h2-10H,25H2,1H3. The van der Waals surface area contributed by atoms with Crippen molar-refractivity contribution < 1.29 is 4.74 Å². The molecule has 2 aromatic heterocycles. The fraction of sp³-hybridized carbons (Fsp3) is 0.0476. The molecule has 0 amide bonds. The average Bonchev–Trinajstić information content (AvgIpc) is 3.04. The van der Waals surface area contributed by atoms with Gasteiger partial charge in [0.2, 0.25) is 5.88 Å². The number of ether oxygens (including phenoxy) is 1. The predicted octanol–water partition coefficient (Wildman–Crippen LogP) is 5.19. The van der Waals surface area contributed by atoms with Crippen LogP contribution in [0, 0.1) is 18.3 Å². The summed E-state index contributed by atoms with van der Waals surface area (Å²) in [5.74, 6) is 1.55. The second-order valence-electron chi connectivity index (χ2n) is 6.30. The molecular formula is C21H14Cl2N6O. The highest BCUT2D eigenvalue weighted by molar-refractivity contribution is 6.35.